The molecule has 0 fully saturated rings. The second kappa shape index (κ2) is 8.11. The summed E-state index contributed by atoms with van der Waals surface area (Å²) in [7, 11) is 3.07. The normalized spacial score (nSPS) is 11.6. The van der Waals surface area contributed by atoms with E-state index in [4.69, 9.17) is 20.3 Å². The number of benzene rings is 1. The number of carbonyl (C=O) groups excluding carboxylic acids is 1. The highest BCUT2D eigenvalue weighted by Crippen LogP contribution is 2.27. The molecule has 1 unspecified atom stereocenters. The van der Waals surface area contributed by atoms with E-state index >= 15 is 0 Å². The first kappa shape index (κ1) is 16.8. The van der Waals surface area contributed by atoms with Crippen molar-refractivity contribution in [1.29, 1.82) is 0 Å². The molecule has 0 aliphatic rings. The van der Waals surface area contributed by atoms with Gasteiger partial charge in [-0.05, 0) is 24.1 Å². The zero-order valence-corrected chi connectivity index (χ0v) is 12.1. The number of aliphatic carboxylic acids is 1. The van der Waals surface area contributed by atoms with Crippen molar-refractivity contribution in [3.63, 3.8) is 0 Å². The van der Waals surface area contributed by atoms with Crippen molar-refractivity contribution < 1.29 is 24.2 Å². The van der Waals surface area contributed by atoms with E-state index in [1.807, 2.05) is 0 Å². The fourth-order valence-corrected chi connectivity index (χ4v) is 1.72. The molecule has 0 spiro atoms. The molecule has 0 saturated heterocycles. The first-order chi connectivity index (χ1) is 9.97. The quantitative estimate of drug-likeness (QED) is 0.644. The Kier molecular flexibility index (Phi) is 6.48. The Labute approximate surface area is 123 Å². The monoisotopic (exact) mass is 296 g/mol. The van der Waals surface area contributed by atoms with Crippen LogP contribution in [0.5, 0.6) is 11.5 Å². The van der Waals surface area contributed by atoms with Crippen molar-refractivity contribution in [2.24, 2.45) is 5.73 Å². The summed E-state index contributed by atoms with van der Waals surface area (Å²) in [5.41, 5.74) is 6.44. The predicted octanol–water partition coefficient (Wildman–Crippen LogP) is 0.512. The number of carboxylic acids is 1. The van der Waals surface area contributed by atoms with E-state index in [2.05, 4.69) is 5.32 Å². The van der Waals surface area contributed by atoms with Crippen LogP contribution in [0.25, 0.3) is 0 Å². The summed E-state index contributed by atoms with van der Waals surface area (Å²) >= 11 is 0. The van der Waals surface area contributed by atoms with Crippen molar-refractivity contribution in [2.45, 2.75) is 25.4 Å². The Hall–Kier alpha value is -2.28. The molecular formula is C14H20N2O5. The summed E-state index contributed by atoms with van der Waals surface area (Å²) in [6, 6.07) is 4.46. The molecule has 7 heteroatoms. The minimum atomic E-state index is -0.974. The van der Waals surface area contributed by atoms with Crippen LogP contribution in [0.3, 0.4) is 0 Å². The van der Waals surface area contributed by atoms with Crippen molar-refractivity contribution in [2.75, 3.05) is 14.2 Å². The molecule has 0 bridgehead atoms. The third kappa shape index (κ3) is 5.31. The van der Waals surface area contributed by atoms with Crippen LogP contribution in [-0.2, 0) is 16.1 Å². The highest BCUT2D eigenvalue weighted by atomic mass is 16.5. The van der Waals surface area contributed by atoms with E-state index in [1.165, 1.54) is 7.11 Å². The first-order valence-electron chi connectivity index (χ1n) is 6.44. The number of ether oxygens (including phenoxy) is 2. The van der Waals surface area contributed by atoms with Gasteiger partial charge in [0.2, 0.25) is 5.91 Å². The molecule has 4 N–H and O–H groups in total. The number of hydrogen-bond acceptors (Lipinski definition) is 5. The summed E-state index contributed by atoms with van der Waals surface area (Å²) in [6.07, 6.45) is -0.0297. The lowest BCUT2D eigenvalue weighted by molar-refractivity contribution is -0.137. The molecule has 1 aromatic carbocycles. The lowest BCUT2D eigenvalue weighted by Gasteiger charge is -2.13. The van der Waals surface area contributed by atoms with Gasteiger partial charge >= 0.3 is 5.97 Å². The van der Waals surface area contributed by atoms with Crippen molar-refractivity contribution in [3.8, 4) is 11.5 Å². The topological polar surface area (TPSA) is 111 Å². The number of carbonyl (C=O) groups is 2. The fraction of sp³-hybridized carbons (Fsp3) is 0.429. The van der Waals surface area contributed by atoms with Crippen LogP contribution >= 0.6 is 0 Å². The molecular weight excluding hydrogens is 276 g/mol. The van der Waals surface area contributed by atoms with Crippen LogP contribution in [0, 0.1) is 0 Å². The van der Waals surface area contributed by atoms with Gasteiger partial charge in [-0.3, -0.25) is 9.59 Å². The molecule has 0 aliphatic heterocycles. The van der Waals surface area contributed by atoms with Gasteiger partial charge in [0.15, 0.2) is 11.5 Å². The maximum absolute atomic E-state index is 11.7. The summed E-state index contributed by atoms with van der Waals surface area (Å²) in [5.74, 6) is -0.186. The van der Waals surface area contributed by atoms with Crippen LogP contribution in [-0.4, -0.2) is 37.2 Å². The summed E-state index contributed by atoms with van der Waals surface area (Å²) < 4.78 is 10.3. The highest BCUT2D eigenvalue weighted by Gasteiger charge is 2.14. The van der Waals surface area contributed by atoms with Gasteiger partial charge in [-0.15, -0.1) is 0 Å². The molecule has 116 valence electrons. The second-order valence-electron chi connectivity index (χ2n) is 4.45. The summed E-state index contributed by atoms with van der Waals surface area (Å²) in [6.45, 7) is 0.278. The van der Waals surface area contributed by atoms with Gasteiger partial charge in [0.25, 0.3) is 0 Å². The zero-order chi connectivity index (χ0) is 15.8. The van der Waals surface area contributed by atoms with E-state index in [9.17, 15) is 9.59 Å². The third-order valence-electron chi connectivity index (χ3n) is 2.92. The van der Waals surface area contributed by atoms with E-state index in [0.717, 1.165) is 5.56 Å². The molecule has 0 radical (unpaired) electrons. The zero-order valence-electron chi connectivity index (χ0n) is 12.1. The Morgan fingerprint density at radius 1 is 1.29 bits per heavy atom. The lowest BCUT2D eigenvalue weighted by atomic mass is 10.1. The molecule has 0 heterocycles. The van der Waals surface area contributed by atoms with Gasteiger partial charge in [0.1, 0.15) is 0 Å². The maximum atomic E-state index is 11.7. The predicted molar refractivity (Wildman–Crippen MR) is 76.2 cm³/mol. The smallest absolute Gasteiger partial charge is 0.303 e. The summed E-state index contributed by atoms with van der Waals surface area (Å²) in [4.78, 5) is 22.1. The molecule has 1 aromatic rings. The maximum Gasteiger partial charge on any atom is 0.303 e. The number of nitrogens with one attached hydrogen (secondary N) is 1. The highest BCUT2D eigenvalue weighted by molar-refractivity contribution is 5.82. The van der Waals surface area contributed by atoms with Crippen molar-refractivity contribution in [3.05, 3.63) is 23.8 Å². The summed E-state index contributed by atoms with van der Waals surface area (Å²) in [5, 5.41) is 11.2. The number of methoxy groups -OCH3 is 2. The van der Waals surface area contributed by atoms with Crippen LogP contribution in [0.4, 0.5) is 0 Å². The van der Waals surface area contributed by atoms with Gasteiger partial charge in [0, 0.05) is 13.0 Å². The average Bonchev–Trinajstić information content (AvgIpc) is 2.49. The number of rotatable bonds is 8. The Bertz CT molecular complexity index is 504. The molecule has 0 aliphatic carbocycles. The second-order valence-corrected chi connectivity index (χ2v) is 4.45. The van der Waals surface area contributed by atoms with Crippen LogP contribution in [0.15, 0.2) is 18.2 Å². The SMILES string of the molecule is COc1ccc(CNC(=O)C(N)CCC(=O)O)cc1OC. The number of carboxylic acid groups (broad SMARTS) is 1. The largest absolute Gasteiger partial charge is 0.493 e. The molecule has 7 nitrogen and oxygen atoms in total. The van der Waals surface area contributed by atoms with Crippen molar-refractivity contribution >= 4 is 11.9 Å². The molecule has 0 saturated carbocycles. The molecule has 1 rings (SSSR count). The van der Waals surface area contributed by atoms with Crippen LogP contribution < -0.4 is 20.5 Å². The van der Waals surface area contributed by atoms with E-state index in [0.29, 0.717) is 11.5 Å². The Balaban J connectivity index is 2.54. The van der Waals surface area contributed by atoms with Crippen LogP contribution in [0.2, 0.25) is 0 Å². The van der Waals surface area contributed by atoms with E-state index < -0.39 is 12.0 Å². The molecule has 21 heavy (non-hydrogen) atoms. The van der Waals surface area contributed by atoms with Gasteiger partial charge in [-0.1, -0.05) is 6.07 Å². The Morgan fingerprint density at radius 2 is 1.95 bits per heavy atom. The third-order valence-corrected chi connectivity index (χ3v) is 2.92. The van der Waals surface area contributed by atoms with E-state index in [1.54, 1.807) is 25.3 Å². The van der Waals surface area contributed by atoms with Gasteiger partial charge < -0.3 is 25.6 Å². The number of nitrogens with two attached hydrogens (primary N) is 1. The molecule has 0 aromatic heterocycles. The average molecular weight is 296 g/mol. The standard InChI is InChI=1S/C14H20N2O5/c1-20-11-5-3-9(7-12(11)21-2)8-16-14(19)10(15)4-6-13(17)18/h3,5,7,10H,4,6,8,15H2,1-2H3,(H,16,19)(H,17,18). The molecule has 1 atom stereocenters. The van der Waals surface area contributed by atoms with Crippen molar-refractivity contribution in [1.82, 2.24) is 5.32 Å². The van der Waals surface area contributed by atoms with Gasteiger partial charge in [-0.2, -0.15) is 0 Å². The minimum absolute atomic E-state index is 0.104. The van der Waals surface area contributed by atoms with E-state index in [-0.39, 0.29) is 25.3 Å². The van der Waals surface area contributed by atoms with Crippen LogP contribution in [0.1, 0.15) is 18.4 Å². The molecule has 1 amide bonds. The minimum Gasteiger partial charge on any atom is -0.493 e. The first-order valence-corrected chi connectivity index (χ1v) is 6.44. The van der Waals surface area contributed by atoms with Gasteiger partial charge in [0.05, 0.1) is 20.3 Å². The number of amides is 1. The Morgan fingerprint density at radius 3 is 2.52 bits per heavy atom. The lowest BCUT2D eigenvalue weighted by Crippen LogP contribution is -2.40. The van der Waals surface area contributed by atoms with Gasteiger partial charge in [-0.25, -0.2) is 0 Å². The number of hydrogen-bond donors (Lipinski definition) is 3. The fourth-order valence-electron chi connectivity index (χ4n) is 1.72.